The molecule has 0 heterocycles. The van der Waals surface area contributed by atoms with Gasteiger partial charge in [0.25, 0.3) is 5.69 Å². The summed E-state index contributed by atoms with van der Waals surface area (Å²) in [7, 11) is 0. The van der Waals surface area contributed by atoms with Crippen LogP contribution in [0.1, 0.15) is 0 Å². The number of nitro groups is 1. The van der Waals surface area contributed by atoms with Crippen LogP contribution in [0.3, 0.4) is 0 Å². The van der Waals surface area contributed by atoms with E-state index in [-0.39, 0.29) is 5.69 Å². The van der Waals surface area contributed by atoms with E-state index in [0.29, 0.717) is 17.1 Å². The molecule has 0 aliphatic rings. The largest absolute Gasteiger partial charge is 0.359 e. The second kappa shape index (κ2) is 9.86. The molecule has 0 fully saturated rings. The van der Waals surface area contributed by atoms with Crippen LogP contribution < -0.4 is 15.4 Å². The maximum Gasteiger partial charge on any atom is 0.269 e. The van der Waals surface area contributed by atoms with Crippen molar-refractivity contribution in [3.05, 3.63) is 119 Å². The molecule has 4 aromatic carbocycles. The zero-order valence-corrected chi connectivity index (χ0v) is 16.9. The first-order chi connectivity index (χ1) is 15.7. The van der Waals surface area contributed by atoms with E-state index in [4.69, 9.17) is 4.84 Å². The molecule has 8 heteroatoms. The first-order valence-corrected chi connectivity index (χ1v) is 9.78. The minimum atomic E-state index is -0.451. The van der Waals surface area contributed by atoms with Gasteiger partial charge in [0.2, 0.25) is 0 Å². The van der Waals surface area contributed by atoms with Crippen molar-refractivity contribution in [3.8, 4) is 5.75 Å². The minimum absolute atomic E-state index is 0.0140. The molecule has 0 atom stereocenters. The molecule has 32 heavy (non-hydrogen) atoms. The van der Waals surface area contributed by atoms with Gasteiger partial charge in [-0.3, -0.25) is 15.5 Å². The first-order valence-electron chi connectivity index (χ1n) is 9.78. The summed E-state index contributed by atoms with van der Waals surface area (Å²) in [6.45, 7) is 0. The summed E-state index contributed by atoms with van der Waals surface area (Å²) in [5.41, 5.74) is 6.05. The van der Waals surface area contributed by atoms with Gasteiger partial charge in [0.1, 0.15) is 0 Å². The summed E-state index contributed by atoms with van der Waals surface area (Å²) in [4.78, 5) is 16.3. The van der Waals surface area contributed by atoms with Gasteiger partial charge < -0.3 is 4.84 Å². The fourth-order valence-corrected chi connectivity index (χ4v) is 2.77. The SMILES string of the molecule is O=[N+]([O-])c1ccc(N=Nc2ccc(NN(Oc3ccccc3)c3ccccc3)cc2)cc1. The van der Waals surface area contributed by atoms with Gasteiger partial charge in [-0.15, -0.1) is 5.17 Å². The van der Waals surface area contributed by atoms with Crippen LogP contribution in [0.5, 0.6) is 5.75 Å². The van der Waals surface area contributed by atoms with Gasteiger partial charge in [0.05, 0.1) is 27.7 Å². The Labute approximate surface area is 184 Å². The Morgan fingerprint density at radius 1 is 0.719 bits per heavy atom. The highest BCUT2D eigenvalue weighted by molar-refractivity contribution is 5.56. The van der Waals surface area contributed by atoms with Gasteiger partial charge in [-0.25, -0.2) is 0 Å². The van der Waals surface area contributed by atoms with Gasteiger partial charge >= 0.3 is 0 Å². The number of hydrogen-bond acceptors (Lipinski definition) is 7. The summed E-state index contributed by atoms with van der Waals surface area (Å²) in [6, 6.07) is 32.4. The van der Waals surface area contributed by atoms with Crippen molar-refractivity contribution in [1.29, 1.82) is 0 Å². The number of benzene rings is 4. The molecule has 0 spiro atoms. The predicted molar refractivity (Wildman–Crippen MR) is 123 cm³/mol. The van der Waals surface area contributed by atoms with Crippen LogP contribution in [0.15, 0.2) is 119 Å². The molecule has 4 rings (SSSR count). The maximum atomic E-state index is 10.7. The Kier molecular flexibility index (Phi) is 6.33. The zero-order chi connectivity index (χ0) is 22.2. The van der Waals surface area contributed by atoms with E-state index >= 15 is 0 Å². The number of hydrazine groups is 1. The quantitative estimate of drug-likeness (QED) is 0.190. The van der Waals surface area contributed by atoms with Crippen LogP contribution in [0.25, 0.3) is 0 Å². The zero-order valence-electron chi connectivity index (χ0n) is 16.9. The average Bonchev–Trinajstić information content (AvgIpc) is 2.84. The third-order valence-corrected chi connectivity index (χ3v) is 4.37. The number of azo groups is 1. The van der Waals surface area contributed by atoms with Crippen molar-refractivity contribution in [3.63, 3.8) is 0 Å². The van der Waals surface area contributed by atoms with E-state index in [1.807, 2.05) is 84.9 Å². The van der Waals surface area contributed by atoms with E-state index in [1.165, 1.54) is 12.1 Å². The molecular formula is C24H19N5O3. The van der Waals surface area contributed by atoms with Gasteiger partial charge in [-0.1, -0.05) is 36.4 Å². The number of non-ortho nitro benzene ring substituents is 1. The third-order valence-electron chi connectivity index (χ3n) is 4.37. The smallest absolute Gasteiger partial charge is 0.269 e. The molecule has 158 valence electrons. The van der Waals surface area contributed by atoms with Crippen LogP contribution in [0, 0.1) is 10.1 Å². The van der Waals surface area contributed by atoms with E-state index in [9.17, 15) is 10.1 Å². The second-order valence-electron chi connectivity index (χ2n) is 6.67. The van der Waals surface area contributed by atoms with Gasteiger partial charge in [-0.2, -0.15) is 10.2 Å². The van der Waals surface area contributed by atoms with Crippen LogP contribution in [-0.4, -0.2) is 4.92 Å². The van der Waals surface area contributed by atoms with Crippen molar-refractivity contribution >= 4 is 28.4 Å². The molecule has 0 amide bonds. The molecule has 0 saturated heterocycles. The molecule has 0 radical (unpaired) electrons. The minimum Gasteiger partial charge on any atom is -0.359 e. The predicted octanol–water partition coefficient (Wildman–Crippen LogP) is 6.84. The Morgan fingerprint density at radius 3 is 1.81 bits per heavy atom. The van der Waals surface area contributed by atoms with Crippen LogP contribution in [0.2, 0.25) is 0 Å². The van der Waals surface area contributed by atoms with Gasteiger partial charge in [-0.05, 0) is 60.7 Å². The summed E-state index contributed by atoms with van der Waals surface area (Å²) < 4.78 is 0. The van der Waals surface area contributed by atoms with Crippen LogP contribution in [-0.2, 0) is 0 Å². The van der Waals surface area contributed by atoms with Crippen molar-refractivity contribution in [2.24, 2.45) is 10.2 Å². The van der Waals surface area contributed by atoms with Crippen molar-refractivity contribution in [1.82, 2.24) is 0 Å². The molecule has 8 nitrogen and oxygen atoms in total. The Hall–Kier alpha value is -4.72. The number of hydrogen-bond donors (Lipinski definition) is 1. The van der Waals surface area contributed by atoms with Crippen LogP contribution >= 0.6 is 0 Å². The number of nitro benzene ring substituents is 1. The monoisotopic (exact) mass is 425 g/mol. The van der Waals surface area contributed by atoms with Gasteiger partial charge in [0, 0.05) is 12.1 Å². The second-order valence-corrected chi connectivity index (χ2v) is 6.67. The summed E-state index contributed by atoms with van der Waals surface area (Å²) in [5.74, 6) is 0.692. The fourth-order valence-electron chi connectivity index (χ4n) is 2.77. The summed E-state index contributed by atoms with van der Waals surface area (Å²) in [5, 5.41) is 20.6. The normalized spacial score (nSPS) is 10.6. The van der Waals surface area contributed by atoms with Crippen molar-refractivity contribution in [2.75, 3.05) is 10.6 Å². The standard InChI is InChI=1S/C24H19N5O3/c30-29(31)23-17-15-20(16-18-23)26-25-19-11-13-21(14-12-19)27-28(22-7-3-1-4-8-22)32-24-9-5-2-6-10-24/h1-18,27H. The lowest BCUT2D eigenvalue weighted by Gasteiger charge is -2.25. The number of nitrogens with zero attached hydrogens (tertiary/aromatic N) is 4. The molecule has 4 aromatic rings. The molecule has 0 aromatic heterocycles. The maximum absolute atomic E-state index is 10.7. The summed E-state index contributed by atoms with van der Waals surface area (Å²) >= 11 is 0. The van der Waals surface area contributed by atoms with Crippen molar-refractivity contribution in [2.45, 2.75) is 0 Å². The van der Waals surface area contributed by atoms with E-state index in [1.54, 1.807) is 17.3 Å². The van der Waals surface area contributed by atoms with Gasteiger partial charge in [0.15, 0.2) is 5.75 Å². The topological polar surface area (TPSA) is 92.4 Å². The average molecular weight is 425 g/mol. The fraction of sp³-hybridized carbons (Fsp3) is 0. The molecule has 1 N–H and O–H groups in total. The molecule has 0 unspecified atom stereocenters. The van der Waals surface area contributed by atoms with E-state index in [0.717, 1.165) is 11.4 Å². The first kappa shape index (κ1) is 20.5. The third kappa shape index (κ3) is 5.45. The molecule has 0 aliphatic heterocycles. The highest BCUT2D eigenvalue weighted by atomic mass is 16.7. The molecule has 0 aliphatic carbocycles. The lowest BCUT2D eigenvalue weighted by molar-refractivity contribution is -0.384. The lowest BCUT2D eigenvalue weighted by atomic mass is 10.3. The number of rotatable bonds is 8. The number of anilines is 2. The summed E-state index contributed by atoms with van der Waals surface area (Å²) in [6.07, 6.45) is 0. The van der Waals surface area contributed by atoms with Crippen molar-refractivity contribution < 1.29 is 9.76 Å². The highest BCUT2D eigenvalue weighted by Crippen LogP contribution is 2.24. The molecule has 0 saturated carbocycles. The van der Waals surface area contributed by atoms with E-state index < -0.39 is 4.92 Å². The highest BCUT2D eigenvalue weighted by Gasteiger charge is 2.09. The Balaban J connectivity index is 1.46. The number of nitrogens with one attached hydrogen (secondary N) is 1. The lowest BCUT2D eigenvalue weighted by Crippen LogP contribution is -2.33. The molecule has 0 bridgehead atoms. The van der Waals surface area contributed by atoms with E-state index in [2.05, 4.69) is 15.7 Å². The number of para-hydroxylation sites is 2. The Bertz CT molecular complexity index is 1180. The molecular weight excluding hydrogens is 406 g/mol. The Morgan fingerprint density at radius 2 is 1.25 bits per heavy atom. The van der Waals surface area contributed by atoms with Crippen LogP contribution in [0.4, 0.5) is 28.4 Å².